The van der Waals surface area contributed by atoms with Gasteiger partial charge in [-0.05, 0) is 48.7 Å². The molecule has 0 heterocycles. The van der Waals surface area contributed by atoms with Crippen LogP contribution in [0.2, 0.25) is 0 Å². The minimum Gasteiger partial charge on any atom is -0.206 e. The molecule has 0 radical (unpaired) electrons. The molecule has 2 aromatic rings. The van der Waals surface area contributed by atoms with Gasteiger partial charge in [-0.15, -0.1) is 0 Å². The Hall–Kier alpha value is -2.14. The lowest BCUT2D eigenvalue weighted by molar-refractivity contribution is 0.630. The Morgan fingerprint density at radius 1 is 1.00 bits per heavy atom. The molecule has 0 aliphatic rings. The maximum absolute atomic E-state index is 13.9. The van der Waals surface area contributed by atoms with Crippen molar-refractivity contribution in [3.8, 4) is 17.2 Å². The summed E-state index contributed by atoms with van der Waals surface area (Å²) in [5, 5.41) is 8.87. The quantitative estimate of drug-likeness (QED) is 0.720. The fourth-order valence-electron chi connectivity index (χ4n) is 1.82. The van der Waals surface area contributed by atoms with E-state index < -0.39 is 0 Å². The molecule has 0 amide bonds. The van der Waals surface area contributed by atoms with Gasteiger partial charge < -0.3 is 0 Å². The van der Waals surface area contributed by atoms with Gasteiger partial charge in [0.25, 0.3) is 0 Å². The SMILES string of the molecule is Cc1ccc(-c2cc(C#N)ccc2C)c(F)c1. The molecule has 1 nitrogen and oxygen atoms in total. The van der Waals surface area contributed by atoms with E-state index in [4.69, 9.17) is 5.26 Å². The Labute approximate surface area is 100 Å². The summed E-state index contributed by atoms with van der Waals surface area (Å²) >= 11 is 0. The monoisotopic (exact) mass is 225 g/mol. The van der Waals surface area contributed by atoms with E-state index in [1.807, 2.05) is 26.0 Å². The number of nitriles is 1. The van der Waals surface area contributed by atoms with Crippen molar-refractivity contribution in [1.82, 2.24) is 0 Å². The summed E-state index contributed by atoms with van der Waals surface area (Å²) in [6, 6.07) is 12.5. The molecule has 0 aliphatic heterocycles. The molecule has 0 unspecified atom stereocenters. The summed E-state index contributed by atoms with van der Waals surface area (Å²) in [6.07, 6.45) is 0. The molecule has 0 saturated heterocycles. The molecule has 0 fully saturated rings. The molecule has 2 heteroatoms. The average Bonchev–Trinajstić information content (AvgIpc) is 2.30. The van der Waals surface area contributed by atoms with Crippen LogP contribution in [0.1, 0.15) is 16.7 Å². The van der Waals surface area contributed by atoms with Crippen molar-refractivity contribution in [2.45, 2.75) is 13.8 Å². The van der Waals surface area contributed by atoms with Crippen LogP contribution in [0.5, 0.6) is 0 Å². The van der Waals surface area contributed by atoms with Crippen LogP contribution in [-0.4, -0.2) is 0 Å². The normalized spacial score (nSPS) is 10.0. The summed E-state index contributed by atoms with van der Waals surface area (Å²) in [4.78, 5) is 0. The van der Waals surface area contributed by atoms with Crippen LogP contribution in [-0.2, 0) is 0 Å². The number of rotatable bonds is 1. The second-order valence-electron chi connectivity index (χ2n) is 4.12. The minimum atomic E-state index is -0.247. The van der Waals surface area contributed by atoms with E-state index in [0.29, 0.717) is 11.1 Å². The molecule has 0 spiro atoms. The Morgan fingerprint density at radius 3 is 2.41 bits per heavy atom. The van der Waals surface area contributed by atoms with E-state index in [1.54, 1.807) is 18.2 Å². The van der Waals surface area contributed by atoms with Gasteiger partial charge in [0.1, 0.15) is 5.82 Å². The fourth-order valence-corrected chi connectivity index (χ4v) is 1.82. The molecule has 17 heavy (non-hydrogen) atoms. The second-order valence-corrected chi connectivity index (χ2v) is 4.12. The zero-order valence-electron chi connectivity index (χ0n) is 9.79. The molecule has 0 aliphatic carbocycles. The predicted octanol–water partition coefficient (Wildman–Crippen LogP) is 3.98. The highest BCUT2D eigenvalue weighted by molar-refractivity contribution is 5.69. The van der Waals surface area contributed by atoms with Crippen molar-refractivity contribution < 1.29 is 4.39 Å². The zero-order valence-corrected chi connectivity index (χ0v) is 9.79. The lowest BCUT2D eigenvalue weighted by Gasteiger charge is -2.08. The van der Waals surface area contributed by atoms with Crippen LogP contribution in [0.25, 0.3) is 11.1 Å². The predicted molar refractivity (Wildman–Crippen MR) is 66.0 cm³/mol. The third-order valence-electron chi connectivity index (χ3n) is 2.78. The van der Waals surface area contributed by atoms with Gasteiger partial charge >= 0.3 is 0 Å². The Balaban J connectivity index is 2.64. The van der Waals surface area contributed by atoms with Crippen molar-refractivity contribution >= 4 is 0 Å². The van der Waals surface area contributed by atoms with Gasteiger partial charge in [-0.2, -0.15) is 5.26 Å². The van der Waals surface area contributed by atoms with E-state index in [2.05, 4.69) is 6.07 Å². The van der Waals surface area contributed by atoms with Crippen LogP contribution in [0.15, 0.2) is 36.4 Å². The molecular formula is C15H12FN. The molecule has 0 bridgehead atoms. The lowest BCUT2D eigenvalue weighted by Crippen LogP contribution is -1.90. The van der Waals surface area contributed by atoms with Gasteiger partial charge in [0.05, 0.1) is 11.6 Å². The highest BCUT2D eigenvalue weighted by atomic mass is 19.1. The van der Waals surface area contributed by atoms with E-state index >= 15 is 0 Å². The second kappa shape index (κ2) is 4.39. The van der Waals surface area contributed by atoms with E-state index in [0.717, 1.165) is 16.7 Å². The third-order valence-corrected chi connectivity index (χ3v) is 2.78. The van der Waals surface area contributed by atoms with Gasteiger partial charge in [-0.3, -0.25) is 0 Å². The molecule has 2 aromatic carbocycles. The van der Waals surface area contributed by atoms with Crippen LogP contribution in [0.3, 0.4) is 0 Å². The van der Waals surface area contributed by atoms with Gasteiger partial charge in [-0.25, -0.2) is 4.39 Å². The Morgan fingerprint density at radius 2 is 1.76 bits per heavy atom. The van der Waals surface area contributed by atoms with Crippen molar-refractivity contribution in [2.24, 2.45) is 0 Å². The third kappa shape index (κ3) is 2.19. The number of nitrogens with zero attached hydrogens (tertiary/aromatic N) is 1. The number of aryl methyl sites for hydroxylation is 2. The van der Waals surface area contributed by atoms with Gasteiger partial charge in [0, 0.05) is 5.56 Å². The lowest BCUT2D eigenvalue weighted by atomic mass is 9.97. The van der Waals surface area contributed by atoms with Crippen molar-refractivity contribution in [3.05, 3.63) is 58.9 Å². The highest BCUT2D eigenvalue weighted by Gasteiger charge is 2.08. The van der Waals surface area contributed by atoms with E-state index in [9.17, 15) is 4.39 Å². The Kier molecular flexibility index (Phi) is 2.93. The van der Waals surface area contributed by atoms with Crippen molar-refractivity contribution in [2.75, 3.05) is 0 Å². The van der Waals surface area contributed by atoms with E-state index in [1.165, 1.54) is 6.07 Å². The standard InChI is InChI=1S/C15H12FN/c1-10-3-6-13(15(16)7-10)14-8-12(9-17)5-4-11(14)2/h3-8H,1-2H3. The summed E-state index contributed by atoms with van der Waals surface area (Å²) in [5.74, 6) is -0.247. The molecule has 84 valence electrons. The smallest absolute Gasteiger partial charge is 0.131 e. The average molecular weight is 225 g/mol. The summed E-state index contributed by atoms with van der Waals surface area (Å²) < 4.78 is 13.9. The maximum atomic E-state index is 13.9. The molecule has 0 saturated carbocycles. The van der Waals surface area contributed by atoms with Gasteiger partial charge in [0.15, 0.2) is 0 Å². The number of hydrogen-bond donors (Lipinski definition) is 0. The Bertz CT molecular complexity index is 609. The fraction of sp³-hybridized carbons (Fsp3) is 0.133. The molecule has 0 atom stereocenters. The van der Waals surface area contributed by atoms with E-state index in [-0.39, 0.29) is 5.82 Å². The summed E-state index contributed by atoms with van der Waals surface area (Å²) in [7, 11) is 0. The van der Waals surface area contributed by atoms with Crippen LogP contribution in [0.4, 0.5) is 4.39 Å². The van der Waals surface area contributed by atoms with Crippen molar-refractivity contribution in [1.29, 1.82) is 5.26 Å². The number of halogens is 1. The van der Waals surface area contributed by atoms with Gasteiger partial charge in [-0.1, -0.05) is 18.2 Å². The number of benzene rings is 2. The topological polar surface area (TPSA) is 23.8 Å². The molecule has 0 aromatic heterocycles. The number of hydrogen-bond acceptors (Lipinski definition) is 1. The maximum Gasteiger partial charge on any atom is 0.131 e. The van der Waals surface area contributed by atoms with Gasteiger partial charge in [0.2, 0.25) is 0 Å². The molecular weight excluding hydrogens is 213 g/mol. The van der Waals surface area contributed by atoms with Crippen molar-refractivity contribution in [3.63, 3.8) is 0 Å². The molecule has 2 rings (SSSR count). The first-order valence-electron chi connectivity index (χ1n) is 5.39. The minimum absolute atomic E-state index is 0.247. The zero-order chi connectivity index (χ0) is 12.4. The largest absolute Gasteiger partial charge is 0.206 e. The first-order chi connectivity index (χ1) is 8.11. The first-order valence-corrected chi connectivity index (χ1v) is 5.39. The summed E-state index contributed by atoms with van der Waals surface area (Å²) in [6.45, 7) is 3.77. The summed E-state index contributed by atoms with van der Waals surface area (Å²) in [5.41, 5.74) is 3.73. The van der Waals surface area contributed by atoms with Crippen LogP contribution in [0, 0.1) is 31.0 Å². The van der Waals surface area contributed by atoms with Crippen LogP contribution < -0.4 is 0 Å². The highest BCUT2D eigenvalue weighted by Crippen LogP contribution is 2.27. The van der Waals surface area contributed by atoms with Crippen LogP contribution >= 0.6 is 0 Å². The first kappa shape index (κ1) is 11.3. The molecule has 0 N–H and O–H groups in total.